The van der Waals surface area contributed by atoms with Gasteiger partial charge in [-0.3, -0.25) is 4.79 Å². The molecule has 0 saturated heterocycles. The van der Waals surface area contributed by atoms with Gasteiger partial charge in [0.25, 0.3) is 0 Å². The van der Waals surface area contributed by atoms with Crippen LogP contribution < -0.4 is 10.5 Å². The van der Waals surface area contributed by atoms with Gasteiger partial charge in [-0.15, -0.1) is 0 Å². The topological polar surface area (TPSA) is 52.3 Å². The van der Waals surface area contributed by atoms with Crippen LogP contribution in [0.1, 0.15) is 55.3 Å². The van der Waals surface area contributed by atoms with Crippen LogP contribution in [0.5, 0.6) is 5.75 Å². The fourth-order valence-corrected chi connectivity index (χ4v) is 3.12. The number of Topliss-reactive ketones (excluding diaryl/α,β-unsaturated/α-hetero) is 1. The maximum atomic E-state index is 12.8. The minimum atomic E-state index is -0.322. The first-order valence-corrected chi connectivity index (χ1v) is 7.75. The molecule has 1 aromatic carbocycles. The van der Waals surface area contributed by atoms with E-state index in [-0.39, 0.29) is 11.2 Å². The summed E-state index contributed by atoms with van der Waals surface area (Å²) in [6.07, 6.45) is 8.02. The van der Waals surface area contributed by atoms with Crippen molar-refractivity contribution in [3.8, 4) is 5.75 Å². The van der Waals surface area contributed by atoms with Crippen molar-refractivity contribution in [3.63, 3.8) is 0 Å². The molecule has 3 rings (SSSR count). The Morgan fingerprint density at radius 3 is 2.35 bits per heavy atom. The van der Waals surface area contributed by atoms with Crippen molar-refractivity contribution < 1.29 is 9.53 Å². The number of ketones is 1. The van der Waals surface area contributed by atoms with E-state index in [0.29, 0.717) is 12.6 Å². The number of nitrogens with two attached hydrogens (primary N) is 1. The number of hydrogen-bond acceptors (Lipinski definition) is 3. The van der Waals surface area contributed by atoms with Crippen molar-refractivity contribution in [2.75, 3.05) is 6.54 Å². The Labute approximate surface area is 120 Å². The van der Waals surface area contributed by atoms with Crippen molar-refractivity contribution >= 4 is 5.78 Å². The van der Waals surface area contributed by atoms with Gasteiger partial charge in [-0.1, -0.05) is 19.3 Å². The average molecular weight is 273 g/mol. The van der Waals surface area contributed by atoms with Crippen LogP contribution in [-0.4, -0.2) is 18.4 Å². The van der Waals surface area contributed by atoms with Crippen molar-refractivity contribution in [2.24, 2.45) is 11.1 Å². The molecular formula is C17H23NO2. The summed E-state index contributed by atoms with van der Waals surface area (Å²) in [5.74, 6) is 1.09. The summed E-state index contributed by atoms with van der Waals surface area (Å²) in [5, 5.41) is 0. The maximum absolute atomic E-state index is 12.8. The van der Waals surface area contributed by atoms with E-state index in [1.807, 2.05) is 24.3 Å². The highest BCUT2D eigenvalue weighted by molar-refractivity contribution is 6.00. The molecule has 0 bridgehead atoms. The molecule has 0 radical (unpaired) electrons. The molecule has 0 aliphatic heterocycles. The lowest BCUT2D eigenvalue weighted by Crippen LogP contribution is -2.40. The highest BCUT2D eigenvalue weighted by atomic mass is 16.5. The summed E-state index contributed by atoms with van der Waals surface area (Å²) in [6.45, 7) is 0.464. The van der Waals surface area contributed by atoms with E-state index in [2.05, 4.69) is 0 Å². The fraction of sp³-hybridized carbons (Fsp3) is 0.588. The second-order valence-corrected chi connectivity index (χ2v) is 6.22. The molecule has 2 saturated carbocycles. The Bertz CT molecular complexity index is 470. The van der Waals surface area contributed by atoms with Gasteiger partial charge >= 0.3 is 0 Å². The molecule has 0 atom stereocenters. The van der Waals surface area contributed by atoms with Crippen LogP contribution in [-0.2, 0) is 0 Å². The SMILES string of the molecule is NCC1(C(=O)c2ccc(OC3CC3)cc2)CCCCC1. The molecule has 3 heteroatoms. The normalized spacial score (nSPS) is 21.4. The highest BCUT2D eigenvalue weighted by Gasteiger charge is 2.38. The third-order valence-electron chi connectivity index (χ3n) is 4.63. The van der Waals surface area contributed by atoms with Crippen molar-refractivity contribution in [1.82, 2.24) is 0 Å². The van der Waals surface area contributed by atoms with Gasteiger partial charge < -0.3 is 10.5 Å². The molecule has 0 unspecified atom stereocenters. The summed E-state index contributed by atoms with van der Waals surface area (Å²) in [6, 6.07) is 7.62. The van der Waals surface area contributed by atoms with Crippen LogP contribution in [0, 0.1) is 5.41 Å². The van der Waals surface area contributed by atoms with Gasteiger partial charge in [-0.25, -0.2) is 0 Å². The summed E-state index contributed by atoms with van der Waals surface area (Å²) in [7, 11) is 0. The molecule has 0 aromatic heterocycles. The number of carbonyl (C=O) groups excluding carboxylic acids is 1. The minimum absolute atomic E-state index is 0.220. The molecule has 2 fully saturated rings. The third-order valence-corrected chi connectivity index (χ3v) is 4.63. The van der Waals surface area contributed by atoms with Crippen LogP contribution >= 0.6 is 0 Å². The zero-order chi connectivity index (χ0) is 14.0. The van der Waals surface area contributed by atoms with E-state index < -0.39 is 0 Å². The quantitative estimate of drug-likeness (QED) is 0.837. The van der Waals surface area contributed by atoms with E-state index in [0.717, 1.165) is 49.8 Å². The molecule has 2 N–H and O–H groups in total. The summed E-state index contributed by atoms with van der Waals surface area (Å²) in [4.78, 5) is 12.8. The fourth-order valence-electron chi connectivity index (χ4n) is 3.12. The molecule has 108 valence electrons. The number of carbonyl (C=O) groups is 1. The van der Waals surface area contributed by atoms with Gasteiger partial charge in [0.15, 0.2) is 5.78 Å². The standard InChI is InChI=1S/C17H23NO2/c18-12-17(10-2-1-3-11-17)16(19)13-4-6-14(7-5-13)20-15-8-9-15/h4-7,15H,1-3,8-12,18H2. The lowest BCUT2D eigenvalue weighted by atomic mass is 9.69. The Kier molecular flexibility index (Phi) is 3.79. The summed E-state index contributed by atoms with van der Waals surface area (Å²) < 4.78 is 5.72. The largest absolute Gasteiger partial charge is 0.490 e. The minimum Gasteiger partial charge on any atom is -0.490 e. The second kappa shape index (κ2) is 5.57. The molecule has 3 nitrogen and oxygen atoms in total. The van der Waals surface area contributed by atoms with Crippen molar-refractivity contribution in [3.05, 3.63) is 29.8 Å². The van der Waals surface area contributed by atoms with Gasteiger partial charge in [-0.2, -0.15) is 0 Å². The zero-order valence-corrected chi connectivity index (χ0v) is 11.9. The molecule has 0 amide bonds. The lowest BCUT2D eigenvalue weighted by Gasteiger charge is -2.34. The molecule has 0 heterocycles. The summed E-state index contributed by atoms with van der Waals surface area (Å²) in [5.41, 5.74) is 6.39. The van der Waals surface area contributed by atoms with Gasteiger partial charge in [-0.05, 0) is 49.9 Å². The van der Waals surface area contributed by atoms with E-state index in [4.69, 9.17) is 10.5 Å². The van der Waals surface area contributed by atoms with Crippen molar-refractivity contribution in [1.29, 1.82) is 0 Å². The van der Waals surface area contributed by atoms with Crippen molar-refractivity contribution in [2.45, 2.75) is 51.0 Å². The van der Waals surface area contributed by atoms with E-state index in [9.17, 15) is 4.79 Å². The zero-order valence-electron chi connectivity index (χ0n) is 11.9. The number of hydrogen-bond donors (Lipinski definition) is 1. The van der Waals surface area contributed by atoms with Crippen LogP contribution in [0.25, 0.3) is 0 Å². The predicted molar refractivity (Wildman–Crippen MR) is 79.0 cm³/mol. The molecule has 2 aliphatic rings. The molecule has 2 aliphatic carbocycles. The second-order valence-electron chi connectivity index (χ2n) is 6.22. The van der Waals surface area contributed by atoms with Gasteiger partial charge in [0.1, 0.15) is 5.75 Å². The predicted octanol–water partition coefficient (Wildman–Crippen LogP) is 3.32. The van der Waals surface area contributed by atoms with Crippen LogP contribution in [0.4, 0.5) is 0 Å². The van der Waals surface area contributed by atoms with E-state index in [1.54, 1.807) is 0 Å². The Hall–Kier alpha value is -1.35. The van der Waals surface area contributed by atoms with E-state index >= 15 is 0 Å². The van der Waals surface area contributed by atoms with Gasteiger partial charge in [0.05, 0.1) is 6.10 Å². The first-order chi connectivity index (χ1) is 9.73. The van der Waals surface area contributed by atoms with Crippen LogP contribution in [0.15, 0.2) is 24.3 Å². The third kappa shape index (κ3) is 2.73. The Balaban J connectivity index is 1.74. The monoisotopic (exact) mass is 273 g/mol. The van der Waals surface area contributed by atoms with Gasteiger partial charge in [0, 0.05) is 17.5 Å². The number of rotatable bonds is 5. The number of ether oxygens (including phenoxy) is 1. The average Bonchev–Trinajstić information content (AvgIpc) is 3.32. The maximum Gasteiger partial charge on any atom is 0.170 e. The van der Waals surface area contributed by atoms with E-state index in [1.165, 1.54) is 6.42 Å². The highest BCUT2D eigenvalue weighted by Crippen LogP contribution is 2.38. The van der Waals surface area contributed by atoms with Crippen LogP contribution in [0.2, 0.25) is 0 Å². The Morgan fingerprint density at radius 2 is 1.80 bits per heavy atom. The molecule has 20 heavy (non-hydrogen) atoms. The lowest BCUT2D eigenvalue weighted by molar-refractivity contribution is 0.0729. The molecule has 0 spiro atoms. The van der Waals surface area contributed by atoms with Crippen LogP contribution in [0.3, 0.4) is 0 Å². The summed E-state index contributed by atoms with van der Waals surface area (Å²) >= 11 is 0. The first kappa shape index (κ1) is 13.6. The molecule has 1 aromatic rings. The Morgan fingerprint density at radius 1 is 1.15 bits per heavy atom. The first-order valence-electron chi connectivity index (χ1n) is 7.75. The molecular weight excluding hydrogens is 250 g/mol. The smallest absolute Gasteiger partial charge is 0.170 e. The van der Waals surface area contributed by atoms with Gasteiger partial charge in [0.2, 0.25) is 0 Å². The number of benzene rings is 1.